The third-order valence-corrected chi connectivity index (χ3v) is 3.54. The number of aryl methyl sites for hydroxylation is 1. The molecule has 0 atom stereocenters. The zero-order valence-corrected chi connectivity index (χ0v) is 15.6. The van der Waals surface area contributed by atoms with E-state index in [0.717, 1.165) is 30.1 Å². The van der Waals surface area contributed by atoms with Crippen LogP contribution in [0.3, 0.4) is 0 Å². The van der Waals surface area contributed by atoms with Gasteiger partial charge in [-0.1, -0.05) is 0 Å². The predicted octanol–water partition coefficient (Wildman–Crippen LogP) is 2.18. The average Bonchev–Trinajstić information content (AvgIpc) is 2.66. The van der Waals surface area contributed by atoms with E-state index in [2.05, 4.69) is 81.1 Å². The molecule has 0 radical (unpaired) electrons. The summed E-state index contributed by atoms with van der Waals surface area (Å²) in [6, 6.07) is 2.13. The molecule has 0 aliphatic carbocycles. The fraction of sp³-hybridized carbons (Fsp3) is 0.667. The highest BCUT2D eigenvalue weighted by atomic mass is 79.9. The van der Waals surface area contributed by atoms with Gasteiger partial charge in [0.2, 0.25) is 0 Å². The van der Waals surface area contributed by atoms with Crippen LogP contribution in [-0.4, -0.2) is 48.2 Å². The smallest absolute Gasteiger partial charge is 0.193 e. The Kier molecular flexibility index (Phi) is 6.74. The van der Waals surface area contributed by atoms with Crippen LogP contribution in [0.4, 0.5) is 0 Å². The summed E-state index contributed by atoms with van der Waals surface area (Å²) in [5.74, 6) is 0.906. The Hall–Kier alpha value is -1.01. The number of halogens is 1. The molecular weight excluding hydrogens is 330 g/mol. The van der Waals surface area contributed by atoms with Crippen LogP contribution in [0, 0.1) is 0 Å². The summed E-state index contributed by atoms with van der Waals surface area (Å²) in [6.07, 6.45) is 2.06. The van der Waals surface area contributed by atoms with Gasteiger partial charge in [-0.15, -0.1) is 0 Å². The maximum absolute atomic E-state index is 4.34. The fourth-order valence-corrected chi connectivity index (χ4v) is 2.61. The lowest BCUT2D eigenvalue weighted by molar-refractivity contribution is 0.420. The van der Waals surface area contributed by atoms with Gasteiger partial charge in [-0.2, -0.15) is 0 Å². The number of hydrogen-bond donors (Lipinski definition) is 2. The van der Waals surface area contributed by atoms with Crippen molar-refractivity contribution in [2.75, 3.05) is 27.2 Å². The van der Waals surface area contributed by atoms with Crippen molar-refractivity contribution in [1.29, 1.82) is 0 Å². The van der Waals surface area contributed by atoms with Gasteiger partial charge >= 0.3 is 0 Å². The Labute approximate surface area is 136 Å². The maximum atomic E-state index is 4.34. The van der Waals surface area contributed by atoms with Crippen molar-refractivity contribution in [3.63, 3.8) is 0 Å². The molecule has 0 spiro atoms. The number of aromatic nitrogens is 1. The molecule has 0 aromatic carbocycles. The van der Waals surface area contributed by atoms with Gasteiger partial charge in [-0.05, 0) is 42.8 Å². The van der Waals surface area contributed by atoms with E-state index in [4.69, 9.17) is 0 Å². The molecule has 0 fully saturated rings. The lowest BCUT2D eigenvalue weighted by Gasteiger charge is -2.24. The van der Waals surface area contributed by atoms with E-state index in [1.807, 2.05) is 14.1 Å². The van der Waals surface area contributed by atoms with Gasteiger partial charge in [-0.3, -0.25) is 4.99 Å². The second-order valence-corrected chi connectivity index (χ2v) is 7.18. The first-order valence-electron chi connectivity index (χ1n) is 7.20. The quantitative estimate of drug-likeness (QED) is 0.482. The molecule has 0 aliphatic heterocycles. The fourth-order valence-electron chi connectivity index (χ4n) is 2.04. The minimum absolute atomic E-state index is 0.145. The van der Waals surface area contributed by atoms with E-state index < -0.39 is 0 Å². The van der Waals surface area contributed by atoms with Crippen LogP contribution in [-0.2, 0) is 13.6 Å². The van der Waals surface area contributed by atoms with Gasteiger partial charge in [0.05, 0.1) is 6.54 Å². The number of guanidine groups is 1. The lowest BCUT2D eigenvalue weighted by Crippen LogP contribution is -2.44. The second kappa shape index (κ2) is 7.84. The zero-order valence-electron chi connectivity index (χ0n) is 14.0. The summed E-state index contributed by atoms with van der Waals surface area (Å²) >= 11 is 3.50. The van der Waals surface area contributed by atoms with Crippen LogP contribution < -0.4 is 10.6 Å². The predicted molar refractivity (Wildman–Crippen MR) is 93.7 cm³/mol. The number of nitrogens with one attached hydrogen (secondary N) is 2. The molecule has 0 saturated carbocycles. The molecule has 0 aliphatic rings. The van der Waals surface area contributed by atoms with Crippen molar-refractivity contribution in [2.45, 2.75) is 32.9 Å². The molecule has 5 nitrogen and oxygen atoms in total. The molecule has 1 aromatic rings. The molecule has 1 aromatic heterocycles. The number of aliphatic imine (C=N–C) groups is 1. The van der Waals surface area contributed by atoms with Crippen molar-refractivity contribution in [1.82, 2.24) is 20.1 Å². The van der Waals surface area contributed by atoms with E-state index in [0.29, 0.717) is 0 Å². The topological polar surface area (TPSA) is 44.6 Å². The van der Waals surface area contributed by atoms with Crippen molar-refractivity contribution in [3.8, 4) is 0 Å². The van der Waals surface area contributed by atoms with Gasteiger partial charge in [0.1, 0.15) is 0 Å². The molecule has 6 heteroatoms. The number of rotatable bonds is 5. The Morgan fingerprint density at radius 1 is 1.38 bits per heavy atom. The normalized spacial score (nSPS) is 12.6. The van der Waals surface area contributed by atoms with E-state index in [1.165, 1.54) is 5.69 Å². The molecule has 0 bridgehead atoms. The molecule has 120 valence electrons. The molecule has 1 heterocycles. The van der Waals surface area contributed by atoms with Gasteiger partial charge in [0, 0.05) is 56.1 Å². The van der Waals surface area contributed by atoms with Crippen LogP contribution in [0.5, 0.6) is 0 Å². The van der Waals surface area contributed by atoms with Crippen LogP contribution in [0.15, 0.2) is 21.7 Å². The zero-order chi connectivity index (χ0) is 16.0. The highest BCUT2D eigenvalue weighted by Gasteiger charge is 2.10. The summed E-state index contributed by atoms with van der Waals surface area (Å²) in [4.78, 5) is 6.46. The monoisotopic (exact) mass is 357 g/mol. The minimum atomic E-state index is 0.145. The molecule has 1 rings (SSSR count). The van der Waals surface area contributed by atoms with Gasteiger partial charge in [-0.25, -0.2) is 0 Å². The van der Waals surface area contributed by atoms with Crippen LogP contribution in [0.25, 0.3) is 0 Å². The largest absolute Gasteiger partial charge is 0.355 e. The van der Waals surface area contributed by atoms with E-state index >= 15 is 0 Å². The lowest BCUT2D eigenvalue weighted by atomic mass is 10.1. The van der Waals surface area contributed by atoms with Crippen LogP contribution in [0.1, 0.15) is 26.5 Å². The van der Waals surface area contributed by atoms with Crippen LogP contribution in [0.2, 0.25) is 0 Å². The molecule has 2 N–H and O–H groups in total. The van der Waals surface area contributed by atoms with Crippen molar-refractivity contribution < 1.29 is 0 Å². The molecule has 0 amide bonds. The SMILES string of the molecule is CN=C(NCCNC(C)(C)C)N(C)Cc1cc(Br)cn1C. The third kappa shape index (κ3) is 6.52. The third-order valence-electron chi connectivity index (χ3n) is 3.11. The molecular formula is C15H28BrN5. The molecule has 0 saturated heterocycles. The first-order valence-corrected chi connectivity index (χ1v) is 8.00. The van der Waals surface area contributed by atoms with Crippen LogP contribution >= 0.6 is 15.9 Å². The van der Waals surface area contributed by atoms with E-state index in [9.17, 15) is 0 Å². The highest BCUT2D eigenvalue weighted by molar-refractivity contribution is 9.10. The number of hydrogen-bond acceptors (Lipinski definition) is 2. The summed E-state index contributed by atoms with van der Waals surface area (Å²) in [5.41, 5.74) is 1.38. The van der Waals surface area contributed by atoms with Crippen molar-refractivity contribution >= 4 is 21.9 Å². The molecule has 0 unspecified atom stereocenters. The van der Waals surface area contributed by atoms with Gasteiger partial charge in [0.25, 0.3) is 0 Å². The van der Waals surface area contributed by atoms with E-state index in [-0.39, 0.29) is 5.54 Å². The first kappa shape index (κ1) is 18.0. The Bertz CT molecular complexity index is 473. The number of nitrogens with zero attached hydrogens (tertiary/aromatic N) is 3. The second-order valence-electron chi connectivity index (χ2n) is 6.27. The first-order chi connectivity index (χ1) is 9.73. The summed E-state index contributed by atoms with van der Waals surface area (Å²) in [6.45, 7) is 9.08. The highest BCUT2D eigenvalue weighted by Crippen LogP contribution is 2.14. The summed E-state index contributed by atoms with van der Waals surface area (Å²) in [5, 5.41) is 6.84. The van der Waals surface area contributed by atoms with Crippen molar-refractivity contribution in [3.05, 3.63) is 22.4 Å². The Morgan fingerprint density at radius 2 is 2.05 bits per heavy atom. The average molecular weight is 358 g/mol. The van der Waals surface area contributed by atoms with E-state index in [1.54, 1.807) is 0 Å². The standard InChI is InChI=1S/C15H28BrN5/c1-15(2,3)19-8-7-18-14(17-4)21(6)11-13-9-12(16)10-20(13)5/h9-10,19H,7-8,11H2,1-6H3,(H,17,18). The molecule has 21 heavy (non-hydrogen) atoms. The maximum Gasteiger partial charge on any atom is 0.193 e. The Balaban J connectivity index is 2.47. The van der Waals surface area contributed by atoms with Gasteiger partial charge in [0.15, 0.2) is 5.96 Å². The Morgan fingerprint density at radius 3 is 2.52 bits per heavy atom. The minimum Gasteiger partial charge on any atom is -0.355 e. The van der Waals surface area contributed by atoms with Crippen molar-refractivity contribution in [2.24, 2.45) is 12.0 Å². The summed E-state index contributed by atoms with van der Waals surface area (Å²) < 4.78 is 3.22. The van der Waals surface area contributed by atoms with Gasteiger partial charge < -0.3 is 20.1 Å². The summed E-state index contributed by atoms with van der Waals surface area (Å²) in [7, 11) is 5.92.